The molecule has 1 heterocycles. The second-order valence-corrected chi connectivity index (χ2v) is 5.70. The third kappa shape index (κ3) is 3.46. The highest BCUT2D eigenvalue weighted by atomic mass is 127. The highest BCUT2D eigenvalue weighted by Crippen LogP contribution is 2.21. The molecule has 5 heteroatoms. The van der Waals surface area contributed by atoms with Crippen LogP contribution in [0.5, 0.6) is 5.75 Å². The number of carboxylic acids is 1. The molecule has 18 heavy (non-hydrogen) atoms. The van der Waals surface area contributed by atoms with E-state index >= 15 is 0 Å². The van der Waals surface area contributed by atoms with Crippen LogP contribution in [0.2, 0.25) is 0 Å². The minimum atomic E-state index is -0.959. The van der Waals surface area contributed by atoms with Crippen molar-refractivity contribution in [3.05, 3.63) is 49.7 Å². The normalized spacial score (nSPS) is 10.3. The molecule has 2 rings (SSSR count). The standard InChI is InChI=1S/C13H11IO3S/c14-10-1-2-12(11(7-10)13(15)16)17-5-3-9-4-6-18-8-9/h1-2,4,6-8H,3,5H2,(H,15,16). The quantitative estimate of drug-likeness (QED) is 0.813. The van der Waals surface area contributed by atoms with E-state index in [2.05, 4.69) is 28.0 Å². The van der Waals surface area contributed by atoms with Gasteiger partial charge in [-0.15, -0.1) is 0 Å². The zero-order valence-electron chi connectivity index (χ0n) is 9.43. The Kier molecular flexibility index (Phi) is 4.60. The Morgan fingerprint density at radius 3 is 2.89 bits per heavy atom. The van der Waals surface area contributed by atoms with Gasteiger partial charge in [0.05, 0.1) is 6.61 Å². The highest BCUT2D eigenvalue weighted by Gasteiger charge is 2.11. The molecular formula is C13H11IO3S. The van der Waals surface area contributed by atoms with Crippen LogP contribution in [0.3, 0.4) is 0 Å². The van der Waals surface area contributed by atoms with Crippen LogP contribution in [-0.4, -0.2) is 17.7 Å². The van der Waals surface area contributed by atoms with Crippen molar-refractivity contribution in [2.75, 3.05) is 6.61 Å². The van der Waals surface area contributed by atoms with E-state index in [0.29, 0.717) is 12.4 Å². The smallest absolute Gasteiger partial charge is 0.339 e. The fourth-order valence-corrected chi connectivity index (χ4v) is 2.70. The predicted molar refractivity (Wildman–Crippen MR) is 79.6 cm³/mol. The number of halogens is 1. The van der Waals surface area contributed by atoms with Gasteiger partial charge in [0.1, 0.15) is 11.3 Å². The Morgan fingerprint density at radius 2 is 2.22 bits per heavy atom. The van der Waals surface area contributed by atoms with Gasteiger partial charge in [0.15, 0.2) is 0 Å². The first-order valence-corrected chi connectivity index (χ1v) is 7.35. The molecule has 0 amide bonds. The summed E-state index contributed by atoms with van der Waals surface area (Å²) in [5.74, 6) is -0.530. The molecule has 0 aliphatic carbocycles. The zero-order chi connectivity index (χ0) is 13.0. The Hall–Kier alpha value is -1.08. The summed E-state index contributed by atoms with van der Waals surface area (Å²) < 4.78 is 6.43. The molecule has 1 N–H and O–H groups in total. The number of hydrogen-bond donors (Lipinski definition) is 1. The van der Waals surface area contributed by atoms with Crippen LogP contribution in [-0.2, 0) is 6.42 Å². The van der Waals surface area contributed by atoms with Gasteiger partial charge in [-0.25, -0.2) is 4.79 Å². The number of rotatable bonds is 5. The molecule has 0 saturated carbocycles. The number of hydrogen-bond acceptors (Lipinski definition) is 3. The molecule has 0 aliphatic rings. The van der Waals surface area contributed by atoms with Crippen molar-refractivity contribution in [3.63, 3.8) is 0 Å². The minimum absolute atomic E-state index is 0.215. The maximum absolute atomic E-state index is 11.1. The van der Waals surface area contributed by atoms with Crippen molar-refractivity contribution in [1.82, 2.24) is 0 Å². The van der Waals surface area contributed by atoms with Crippen molar-refractivity contribution in [3.8, 4) is 5.75 Å². The minimum Gasteiger partial charge on any atom is -0.492 e. The molecule has 0 unspecified atom stereocenters. The Morgan fingerprint density at radius 1 is 1.39 bits per heavy atom. The first-order valence-electron chi connectivity index (χ1n) is 5.33. The van der Waals surface area contributed by atoms with Crippen LogP contribution in [0.25, 0.3) is 0 Å². The van der Waals surface area contributed by atoms with Crippen LogP contribution in [0.4, 0.5) is 0 Å². The maximum Gasteiger partial charge on any atom is 0.339 e. The molecule has 0 saturated heterocycles. The highest BCUT2D eigenvalue weighted by molar-refractivity contribution is 14.1. The summed E-state index contributed by atoms with van der Waals surface area (Å²) in [6.07, 6.45) is 0.786. The Bertz CT molecular complexity index is 537. The molecule has 0 atom stereocenters. The number of aromatic carboxylic acids is 1. The van der Waals surface area contributed by atoms with Gasteiger partial charge in [0, 0.05) is 9.99 Å². The SMILES string of the molecule is O=C(O)c1cc(I)ccc1OCCc1ccsc1. The van der Waals surface area contributed by atoms with Gasteiger partial charge in [-0.05, 0) is 63.2 Å². The van der Waals surface area contributed by atoms with E-state index in [1.54, 1.807) is 23.5 Å². The molecule has 0 aliphatic heterocycles. The van der Waals surface area contributed by atoms with Crippen molar-refractivity contribution in [2.45, 2.75) is 6.42 Å². The van der Waals surface area contributed by atoms with Gasteiger partial charge in [-0.3, -0.25) is 0 Å². The fraction of sp³-hybridized carbons (Fsp3) is 0.154. The third-order valence-electron chi connectivity index (χ3n) is 2.40. The van der Waals surface area contributed by atoms with Crippen molar-refractivity contribution < 1.29 is 14.6 Å². The molecule has 1 aromatic carbocycles. The number of benzene rings is 1. The molecule has 0 spiro atoms. The topological polar surface area (TPSA) is 46.5 Å². The summed E-state index contributed by atoms with van der Waals surface area (Å²) in [5, 5.41) is 13.2. The summed E-state index contributed by atoms with van der Waals surface area (Å²) in [7, 11) is 0. The summed E-state index contributed by atoms with van der Waals surface area (Å²) in [6, 6.07) is 7.20. The second kappa shape index (κ2) is 6.19. The number of thiophene rings is 1. The molecule has 0 bridgehead atoms. The Labute approximate surface area is 123 Å². The van der Waals surface area contributed by atoms with E-state index in [-0.39, 0.29) is 5.56 Å². The van der Waals surface area contributed by atoms with E-state index in [4.69, 9.17) is 9.84 Å². The van der Waals surface area contributed by atoms with Gasteiger partial charge in [-0.2, -0.15) is 11.3 Å². The van der Waals surface area contributed by atoms with Crippen molar-refractivity contribution in [2.24, 2.45) is 0 Å². The van der Waals surface area contributed by atoms with Gasteiger partial charge >= 0.3 is 5.97 Å². The summed E-state index contributed by atoms with van der Waals surface area (Å²) in [6.45, 7) is 0.484. The summed E-state index contributed by atoms with van der Waals surface area (Å²) >= 11 is 3.73. The Balaban J connectivity index is 2.02. The van der Waals surface area contributed by atoms with E-state index in [0.717, 1.165) is 9.99 Å². The fourth-order valence-electron chi connectivity index (χ4n) is 1.51. The van der Waals surface area contributed by atoms with Crippen LogP contribution in [0, 0.1) is 3.57 Å². The largest absolute Gasteiger partial charge is 0.492 e. The molecule has 94 valence electrons. The molecule has 2 aromatic rings. The van der Waals surface area contributed by atoms with E-state index < -0.39 is 5.97 Å². The molecule has 1 aromatic heterocycles. The monoisotopic (exact) mass is 374 g/mol. The van der Waals surface area contributed by atoms with E-state index in [1.165, 1.54) is 5.56 Å². The summed E-state index contributed by atoms with van der Waals surface area (Å²) in [5.41, 5.74) is 1.43. The number of carboxylic acid groups (broad SMARTS) is 1. The van der Waals surface area contributed by atoms with E-state index in [9.17, 15) is 4.79 Å². The van der Waals surface area contributed by atoms with Crippen LogP contribution in [0.1, 0.15) is 15.9 Å². The second-order valence-electron chi connectivity index (χ2n) is 3.68. The van der Waals surface area contributed by atoms with Crippen LogP contribution in [0.15, 0.2) is 35.0 Å². The van der Waals surface area contributed by atoms with Gasteiger partial charge < -0.3 is 9.84 Å². The molecule has 0 fully saturated rings. The number of ether oxygens (including phenoxy) is 1. The lowest BCUT2D eigenvalue weighted by molar-refractivity contribution is 0.0692. The average molecular weight is 374 g/mol. The maximum atomic E-state index is 11.1. The van der Waals surface area contributed by atoms with E-state index in [1.807, 2.05) is 17.5 Å². The molecular weight excluding hydrogens is 363 g/mol. The lowest BCUT2D eigenvalue weighted by Gasteiger charge is -2.09. The first kappa shape index (κ1) is 13.4. The molecule has 3 nitrogen and oxygen atoms in total. The summed E-state index contributed by atoms with van der Waals surface area (Å²) in [4.78, 5) is 11.1. The number of carbonyl (C=O) groups is 1. The van der Waals surface area contributed by atoms with Gasteiger partial charge in [0.2, 0.25) is 0 Å². The third-order valence-corrected chi connectivity index (χ3v) is 3.80. The average Bonchev–Trinajstić information content (AvgIpc) is 2.84. The van der Waals surface area contributed by atoms with Crippen LogP contribution >= 0.6 is 33.9 Å². The lowest BCUT2D eigenvalue weighted by atomic mass is 10.2. The lowest BCUT2D eigenvalue weighted by Crippen LogP contribution is -2.06. The van der Waals surface area contributed by atoms with Gasteiger partial charge in [-0.1, -0.05) is 0 Å². The zero-order valence-corrected chi connectivity index (χ0v) is 12.4. The predicted octanol–water partition coefficient (Wildman–Crippen LogP) is 3.67. The van der Waals surface area contributed by atoms with Crippen molar-refractivity contribution >= 4 is 39.9 Å². The molecule has 0 radical (unpaired) electrons. The van der Waals surface area contributed by atoms with Gasteiger partial charge in [0.25, 0.3) is 0 Å². The van der Waals surface area contributed by atoms with Crippen molar-refractivity contribution in [1.29, 1.82) is 0 Å². The van der Waals surface area contributed by atoms with Crippen LogP contribution < -0.4 is 4.74 Å². The first-order chi connectivity index (χ1) is 8.66.